The van der Waals surface area contributed by atoms with E-state index in [0.717, 1.165) is 22.5 Å². The van der Waals surface area contributed by atoms with Gasteiger partial charge in [0.15, 0.2) is 0 Å². The maximum atomic E-state index is 6.32. The van der Waals surface area contributed by atoms with E-state index < -0.39 is 7.12 Å². The largest absolute Gasteiger partial charge is 0.494 e. The van der Waals surface area contributed by atoms with Gasteiger partial charge in [-0.15, -0.1) is 0 Å². The van der Waals surface area contributed by atoms with E-state index in [1.165, 1.54) is 11.1 Å². The van der Waals surface area contributed by atoms with E-state index in [1.807, 2.05) is 30.6 Å². The number of anilines is 3. The highest BCUT2D eigenvalue weighted by Gasteiger charge is 2.51. The van der Waals surface area contributed by atoms with E-state index in [0.29, 0.717) is 0 Å². The summed E-state index contributed by atoms with van der Waals surface area (Å²) in [6, 6.07) is 31.5. The summed E-state index contributed by atoms with van der Waals surface area (Å²) in [5, 5.41) is 0. The SMILES string of the molecule is CC1(C)OB(c2cccc(N(c3ccncc3)c3cccc(-c4ccccc4)c3)c2)OC1(C)C. The molecule has 1 saturated heterocycles. The number of hydrogen-bond acceptors (Lipinski definition) is 4. The molecule has 5 rings (SSSR count). The third-order valence-electron chi connectivity index (χ3n) is 6.79. The molecule has 0 radical (unpaired) electrons. The number of rotatable bonds is 5. The Morgan fingerprint density at radius 1 is 0.618 bits per heavy atom. The number of benzene rings is 3. The van der Waals surface area contributed by atoms with Crippen molar-refractivity contribution in [2.45, 2.75) is 38.9 Å². The number of nitrogens with zero attached hydrogens (tertiary/aromatic N) is 2. The maximum Gasteiger partial charge on any atom is 0.494 e. The third-order valence-corrected chi connectivity index (χ3v) is 6.79. The molecule has 2 heterocycles. The van der Waals surface area contributed by atoms with Crippen LogP contribution in [-0.2, 0) is 9.31 Å². The number of pyridine rings is 1. The van der Waals surface area contributed by atoms with E-state index >= 15 is 0 Å². The Bertz CT molecular complexity index is 1260. The Hall–Kier alpha value is -3.41. The monoisotopic (exact) mass is 448 g/mol. The summed E-state index contributed by atoms with van der Waals surface area (Å²) in [5.74, 6) is 0. The fourth-order valence-corrected chi connectivity index (χ4v) is 4.19. The van der Waals surface area contributed by atoms with Gasteiger partial charge in [-0.3, -0.25) is 4.98 Å². The van der Waals surface area contributed by atoms with Crippen LogP contribution in [-0.4, -0.2) is 23.3 Å². The van der Waals surface area contributed by atoms with Gasteiger partial charge in [0.05, 0.1) is 11.2 Å². The Labute approximate surface area is 202 Å². The average molecular weight is 448 g/mol. The molecule has 1 aromatic heterocycles. The van der Waals surface area contributed by atoms with Crippen LogP contribution in [0.15, 0.2) is 103 Å². The van der Waals surface area contributed by atoms with Crippen LogP contribution >= 0.6 is 0 Å². The molecule has 1 aliphatic rings. The van der Waals surface area contributed by atoms with E-state index in [9.17, 15) is 0 Å². The Morgan fingerprint density at radius 3 is 1.88 bits per heavy atom. The number of hydrogen-bond donors (Lipinski definition) is 0. The topological polar surface area (TPSA) is 34.6 Å². The molecule has 170 valence electrons. The van der Waals surface area contributed by atoms with Gasteiger partial charge in [0.25, 0.3) is 0 Å². The molecule has 1 aliphatic heterocycles. The first kappa shape index (κ1) is 22.4. The predicted octanol–water partition coefficient (Wildman–Crippen LogP) is 6.52. The molecular weight excluding hydrogens is 419 g/mol. The lowest BCUT2D eigenvalue weighted by Crippen LogP contribution is -2.41. The molecular formula is C29H29BN2O2. The lowest BCUT2D eigenvalue weighted by molar-refractivity contribution is 0.00578. The van der Waals surface area contributed by atoms with E-state index in [2.05, 4.69) is 110 Å². The van der Waals surface area contributed by atoms with Crippen LogP contribution in [0, 0.1) is 0 Å². The first-order valence-electron chi connectivity index (χ1n) is 11.7. The van der Waals surface area contributed by atoms with Crippen molar-refractivity contribution in [3.63, 3.8) is 0 Å². The van der Waals surface area contributed by atoms with E-state index in [1.54, 1.807) is 0 Å². The van der Waals surface area contributed by atoms with Crippen LogP contribution in [0.4, 0.5) is 17.1 Å². The van der Waals surface area contributed by atoms with Crippen LogP contribution in [0.1, 0.15) is 27.7 Å². The summed E-state index contributed by atoms with van der Waals surface area (Å²) in [4.78, 5) is 6.47. The van der Waals surface area contributed by atoms with Gasteiger partial charge in [-0.25, -0.2) is 0 Å². The Morgan fingerprint density at radius 2 is 1.21 bits per heavy atom. The molecule has 1 fully saturated rings. The summed E-state index contributed by atoms with van der Waals surface area (Å²) in [6.45, 7) is 8.31. The summed E-state index contributed by atoms with van der Waals surface area (Å²) in [7, 11) is -0.417. The van der Waals surface area contributed by atoms with Gasteiger partial charge >= 0.3 is 7.12 Å². The van der Waals surface area contributed by atoms with Crippen molar-refractivity contribution in [2.24, 2.45) is 0 Å². The van der Waals surface area contributed by atoms with Crippen molar-refractivity contribution in [3.05, 3.63) is 103 Å². The van der Waals surface area contributed by atoms with Crippen molar-refractivity contribution in [1.29, 1.82) is 0 Å². The second-order valence-corrected chi connectivity index (χ2v) is 9.64. The third kappa shape index (κ3) is 4.25. The summed E-state index contributed by atoms with van der Waals surface area (Å²) < 4.78 is 12.6. The van der Waals surface area contributed by atoms with Gasteiger partial charge in [0, 0.05) is 29.5 Å². The van der Waals surface area contributed by atoms with Crippen LogP contribution in [0.2, 0.25) is 0 Å². The first-order chi connectivity index (χ1) is 16.3. The van der Waals surface area contributed by atoms with Crippen LogP contribution < -0.4 is 10.4 Å². The zero-order chi connectivity index (χ0) is 23.8. The molecule has 4 nitrogen and oxygen atoms in total. The smallest absolute Gasteiger partial charge is 0.399 e. The lowest BCUT2D eigenvalue weighted by atomic mass is 9.79. The van der Waals surface area contributed by atoms with E-state index in [-0.39, 0.29) is 11.2 Å². The zero-order valence-corrected chi connectivity index (χ0v) is 20.1. The molecule has 4 aromatic rings. The highest BCUT2D eigenvalue weighted by molar-refractivity contribution is 6.62. The quantitative estimate of drug-likeness (QED) is 0.326. The molecule has 34 heavy (non-hydrogen) atoms. The van der Waals surface area contributed by atoms with Gasteiger partial charge < -0.3 is 14.2 Å². The molecule has 0 atom stereocenters. The molecule has 0 bridgehead atoms. The van der Waals surface area contributed by atoms with Crippen molar-refractivity contribution < 1.29 is 9.31 Å². The Kier molecular flexibility index (Phi) is 5.76. The minimum Gasteiger partial charge on any atom is -0.399 e. The second kappa shape index (κ2) is 8.75. The molecule has 5 heteroatoms. The highest BCUT2D eigenvalue weighted by atomic mass is 16.7. The summed E-state index contributed by atoms with van der Waals surface area (Å²) >= 11 is 0. The van der Waals surface area contributed by atoms with Gasteiger partial charge in [0.1, 0.15) is 0 Å². The average Bonchev–Trinajstić information content (AvgIpc) is 3.08. The fourth-order valence-electron chi connectivity index (χ4n) is 4.19. The van der Waals surface area contributed by atoms with Crippen LogP contribution in [0.25, 0.3) is 11.1 Å². The van der Waals surface area contributed by atoms with Gasteiger partial charge in [0.2, 0.25) is 0 Å². The van der Waals surface area contributed by atoms with E-state index in [4.69, 9.17) is 9.31 Å². The fraction of sp³-hybridized carbons (Fsp3) is 0.207. The van der Waals surface area contributed by atoms with Crippen molar-refractivity contribution in [1.82, 2.24) is 4.98 Å². The molecule has 0 amide bonds. The first-order valence-corrected chi connectivity index (χ1v) is 11.7. The molecule has 0 saturated carbocycles. The van der Waals surface area contributed by atoms with Crippen molar-refractivity contribution in [3.8, 4) is 11.1 Å². The summed E-state index contributed by atoms with van der Waals surface area (Å²) in [5.41, 5.74) is 5.71. The summed E-state index contributed by atoms with van der Waals surface area (Å²) in [6.07, 6.45) is 3.64. The van der Waals surface area contributed by atoms with Crippen molar-refractivity contribution >= 4 is 29.6 Å². The molecule has 0 N–H and O–H groups in total. The molecule has 0 aliphatic carbocycles. The maximum absolute atomic E-state index is 6.32. The number of aromatic nitrogens is 1. The van der Waals surface area contributed by atoms with Gasteiger partial charge in [-0.2, -0.15) is 0 Å². The molecule has 3 aromatic carbocycles. The van der Waals surface area contributed by atoms with Crippen molar-refractivity contribution in [2.75, 3.05) is 4.90 Å². The van der Waals surface area contributed by atoms with Crippen LogP contribution in [0.5, 0.6) is 0 Å². The van der Waals surface area contributed by atoms with Gasteiger partial charge in [-0.05, 0) is 80.7 Å². The minimum atomic E-state index is -0.417. The highest BCUT2D eigenvalue weighted by Crippen LogP contribution is 2.38. The van der Waals surface area contributed by atoms with Crippen LogP contribution in [0.3, 0.4) is 0 Å². The normalized spacial score (nSPS) is 16.4. The predicted molar refractivity (Wildman–Crippen MR) is 140 cm³/mol. The molecule has 0 unspecified atom stereocenters. The molecule has 0 spiro atoms. The lowest BCUT2D eigenvalue weighted by Gasteiger charge is -2.32. The Balaban J connectivity index is 1.57. The minimum absolute atomic E-state index is 0.386. The zero-order valence-electron chi connectivity index (χ0n) is 20.1. The standard InChI is InChI=1S/C29H29BN2O2/c1-28(2)29(3,4)34-30(33-28)24-13-9-15-27(21-24)32(25-16-18-31-19-17-25)26-14-8-12-23(20-26)22-10-6-5-7-11-22/h5-21H,1-4H3. The van der Waals surface area contributed by atoms with Gasteiger partial charge in [-0.1, -0.05) is 54.6 Å². The second-order valence-electron chi connectivity index (χ2n) is 9.64.